The molecule has 1 aliphatic heterocycles. The fourth-order valence-corrected chi connectivity index (χ4v) is 2.39. The molecule has 2 N–H and O–H groups in total. The van der Waals surface area contributed by atoms with E-state index in [1.165, 1.54) is 24.1 Å². The van der Waals surface area contributed by atoms with Crippen molar-refractivity contribution in [3.05, 3.63) is 70.9 Å². The first-order chi connectivity index (χ1) is 12.3. The lowest BCUT2D eigenvalue weighted by molar-refractivity contribution is -0.121. The number of phenols is 2. The number of benzene rings is 2. The number of amides is 1. The molecule has 1 amide bonds. The van der Waals surface area contributed by atoms with E-state index in [2.05, 4.69) is 4.99 Å². The van der Waals surface area contributed by atoms with E-state index in [1.54, 1.807) is 30.4 Å². The van der Waals surface area contributed by atoms with Crippen molar-refractivity contribution in [1.82, 2.24) is 4.90 Å². The van der Waals surface area contributed by atoms with Crippen LogP contribution < -0.4 is 0 Å². The Hall–Kier alpha value is -3.48. The van der Waals surface area contributed by atoms with Crippen LogP contribution in [0.3, 0.4) is 0 Å². The smallest absolute Gasteiger partial charge is 0.277 e. The van der Waals surface area contributed by atoms with Crippen molar-refractivity contribution in [1.29, 1.82) is 0 Å². The quantitative estimate of drug-likeness (QED) is 0.829. The second-order valence-corrected chi connectivity index (χ2v) is 5.63. The molecule has 2 aromatic rings. The topological polar surface area (TPSA) is 73.1 Å². The largest absolute Gasteiger partial charge is 0.508 e. The van der Waals surface area contributed by atoms with Gasteiger partial charge in [0, 0.05) is 7.05 Å². The molecule has 2 aromatic carbocycles. The number of aliphatic imine (C=N–C) groups is 1. The Kier molecular flexibility index (Phi) is 4.53. The lowest BCUT2D eigenvalue weighted by Gasteiger charge is -2.07. The number of aromatic hydroxyl groups is 2. The van der Waals surface area contributed by atoms with Crippen LogP contribution >= 0.6 is 0 Å². The first kappa shape index (κ1) is 17.3. The third-order valence-corrected chi connectivity index (χ3v) is 3.74. The third-order valence-electron chi connectivity index (χ3n) is 3.74. The first-order valence-electron chi connectivity index (χ1n) is 7.59. The van der Waals surface area contributed by atoms with Crippen LogP contribution in [-0.2, 0) is 4.79 Å². The molecule has 7 heteroatoms. The molecule has 1 heterocycles. The molecule has 0 saturated carbocycles. The molecule has 0 atom stereocenters. The van der Waals surface area contributed by atoms with Crippen molar-refractivity contribution in [2.24, 2.45) is 4.99 Å². The SMILES string of the molecule is CN1C(=O)/C(=C/c2cc(F)c(O)c(F)c2)N=C1/C=C/c1cccc(O)c1. The maximum absolute atomic E-state index is 13.4. The number of likely N-dealkylation sites (N-methyl/N-ethyl adjacent to an activating group) is 1. The summed E-state index contributed by atoms with van der Waals surface area (Å²) in [6.07, 6.45) is 4.50. The summed E-state index contributed by atoms with van der Waals surface area (Å²) < 4.78 is 26.8. The second-order valence-electron chi connectivity index (χ2n) is 5.63. The van der Waals surface area contributed by atoms with Crippen LogP contribution in [0, 0.1) is 11.6 Å². The van der Waals surface area contributed by atoms with Crippen molar-refractivity contribution in [3.63, 3.8) is 0 Å². The fourth-order valence-electron chi connectivity index (χ4n) is 2.39. The molecule has 0 aliphatic carbocycles. The maximum atomic E-state index is 13.4. The minimum Gasteiger partial charge on any atom is -0.508 e. The predicted molar refractivity (Wildman–Crippen MR) is 93.3 cm³/mol. The van der Waals surface area contributed by atoms with Gasteiger partial charge in [0.2, 0.25) is 0 Å². The average molecular weight is 356 g/mol. The molecule has 0 fully saturated rings. The summed E-state index contributed by atoms with van der Waals surface area (Å²) in [5.41, 5.74) is 0.790. The summed E-state index contributed by atoms with van der Waals surface area (Å²) in [5.74, 6) is -3.30. The summed E-state index contributed by atoms with van der Waals surface area (Å²) >= 11 is 0. The van der Waals surface area contributed by atoms with Crippen LogP contribution in [0.4, 0.5) is 8.78 Å². The molecule has 3 rings (SSSR count). The highest BCUT2D eigenvalue weighted by atomic mass is 19.1. The van der Waals surface area contributed by atoms with Crippen molar-refractivity contribution in [2.75, 3.05) is 7.05 Å². The van der Waals surface area contributed by atoms with Gasteiger partial charge in [0.25, 0.3) is 5.91 Å². The molecule has 26 heavy (non-hydrogen) atoms. The van der Waals surface area contributed by atoms with E-state index < -0.39 is 23.3 Å². The summed E-state index contributed by atoms with van der Waals surface area (Å²) in [6.45, 7) is 0. The summed E-state index contributed by atoms with van der Waals surface area (Å²) in [5, 5.41) is 18.6. The lowest BCUT2D eigenvalue weighted by atomic mass is 10.1. The number of nitrogens with zero attached hydrogens (tertiary/aromatic N) is 2. The van der Waals surface area contributed by atoms with E-state index in [9.17, 15) is 18.7 Å². The van der Waals surface area contributed by atoms with Gasteiger partial charge >= 0.3 is 0 Å². The Labute approximate surface area is 147 Å². The molecule has 1 aliphatic rings. The molecule has 0 radical (unpaired) electrons. The average Bonchev–Trinajstić information content (AvgIpc) is 2.86. The van der Waals surface area contributed by atoms with E-state index in [-0.39, 0.29) is 17.0 Å². The second kappa shape index (κ2) is 6.79. The van der Waals surface area contributed by atoms with Gasteiger partial charge in [-0.05, 0) is 47.5 Å². The van der Waals surface area contributed by atoms with Crippen LogP contribution in [0.25, 0.3) is 12.2 Å². The van der Waals surface area contributed by atoms with Gasteiger partial charge in [0.05, 0.1) is 0 Å². The highest BCUT2D eigenvalue weighted by molar-refractivity contribution is 6.18. The summed E-state index contributed by atoms with van der Waals surface area (Å²) in [7, 11) is 1.52. The zero-order valence-corrected chi connectivity index (χ0v) is 13.6. The van der Waals surface area contributed by atoms with E-state index in [4.69, 9.17) is 5.11 Å². The Bertz CT molecular complexity index is 957. The van der Waals surface area contributed by atoms with Crippen LogP contribution in [-0.4, -0.2) is 33.9 Å². The van der Waals surface area contributed by atoms with E-state index in [1.807, 2.05) is 0 Å². The Morgan fingerprint density at radius 1 is 1.04 bits per heavy atom. The van der Waals surface area contributed by atoms with Crippen LogP contribution in [0.15, 0.2) is 53.2 Å². The summed E-state index contributed by atoms with van der Waals surface area (Å²) in [4.78, 5) is 17.7. The van der Waals surface area contributed by atoms with Gasteiger partial charge in [0.15, 0.2) is 17.4 Å². The fraction of sp³-hybridized carbons (Fsp3) is 0.0526. The number of hydrogen-bond donors (Lipinski definition) is 2. The number of amidine groups is 1. The molecule has 0 aromatic heterocycles. The van der Waals surface area contributed by atoms with E-state index >= 15 is 0 Å². The Morgan fingerprint density at radius 3 is 2.38 bits per heavy atom. The molecule has 0 saturated heterocycles. The monoisotopic (exact) mass is 356 g/mol. The summed E-state index contributed by atoms with van der Waals surface area (Å²) in [6, 6.07) is 8.36. The number of rotatable bonds is 3. The molecule has 5 nitrogen and oxygen atoms in total. The molecule has 0 unspecified atom stereocenters. The molecular weight excluding hydrogens is 342 g/mol. The van der Waals surface area contributed by atoms with Crippen LogP contribution in [0.1, 0.15) is 11.1 Å². The van der Waals surface area contributed by atoms with Gasteiger partial charge in [0.1, 0.15) is 17.3 Å². The van der Waals surface area contributed by atoms with Gasteiger partial charge in [-0.1, -0.05) is 18.2 Å². The van der Waals surface area contributed by atoms with Crippen molar-refractivity contribution in [3.8, 4) is 11.5 Å². The van der Waals surface area contributed by atoms with Gasteiger partial charge in [-0.25, -0.2) is 13.8 Å². The molecule has 0 bridgehead atoms. The number of halogens is 2. The zero-order chi connectivity index (χ0) is 18.8. The van der Waals surface area contributed by atoms with Crippen molar-refractivity contribution < 1.29 is 23.8 Å². The molecular formula is C19H14F2N2O3. The third kappa shape index (κ3) is 3.46. The minimum atomic E-state index is -1.12. The van der Waals surface area contributed by atoms with Crippen molar-refractivity contribution >= 4 is 23.9 Å². The number of hydrogen-bond acceptors (Lipinski definition) is 4. The Morgan fingerprint density at radius 2 is 1.73 bits per heavy atom. The maximum Gasteiger partial charge on any atom is 0.277 e. The normalized spacial score (nSPS) is 16.0. The molecule has 0 spiro atoms. The highest BCUT2D eigenvalue weighted by Crippen LogP contribution is 2.24. The Balaban J connectivity index is 1.91. The first-order valence-corrected chi connectivity index (χ1v) is 7.59. The lowest BCUT2D eigenvalue weighted by Crippen LogP contribution is -2.26. The van der Waals surface area contributed by atoms with Crippen molar-refractivity contribution in [2.45, 2.75) is 0 Å². The predicted octanol–water partition coefficient (Wildman–Crippen LogP) is 3.30. The number of carbonyl (C=O) groups excluding carboxylic acids is 1. The molecule has 132 valence electrons. The van der Waals surface area contributed by atoms with Gasteiger partial charge < -0.3 is 10.2 Å². The van der Waals surface area contributed by atoms with Gasteiger partial charge in [-0.3, -0.25) is 9.69 Å². The van der Waals surface area contributed by atoms with Crippen LogP contribution in [0.2, 0.25) is 0 Å². The van der Waals surface area contributed by atoms with Gasteiger partial charge in [-0.2, -0.15) is 0 Å². The number of phenolic OH excluding ortho intramolecular Hbond substituents is 2. The minimum absolute atomic E-state index is 0.00699. The van der Waals surface area contributed by atoms with E-state index in [0.29, 0.717) is 11.4 Å². The zero-order valence-electron chi connectivity index (χ0n) is 13.6. The van der Waals surface area contributed by atoms with Crippen LogP contribution in [0.5, 0.6) is 11.5 Å². The van der Waals surface area contributed by atoms with E-state index in [0.717, 1.165) is 12.1 Å². The van der Waals surface area contributed by atoms with Gasteiger partial charge in [-0.15, -0.1) is 0 Å². The number of carbonyl (C=O) groups is 1. The highest BCUT2D eigenvalue weighted by Gasteiger charge is 2.25. The standard InChI is InChI=1S/C19H14F2N2O3/c1-23-17(6-5-11-3-2-4-13(24)7-11)22-16(19(23)26)10-12-8-14(20)18(25)15(21)9-12/h2-10,24-25H,1H3/b6-5+,16-10-.